The van der Waals surface area contributed by atoms with Crippen molar-refractivity contribution in [1.82, 2.24) is 15.1 Å². The van der Waals surface area contributed by atoms with Gasteiger partial charge >= 0.3 is 5.97 Å². The molecule has 1 N–H and O–H groups in total. The van der Waals surface area contributed by atoms with E-state index < -0.39 is 12.0 Å². The number of aromatic nitrogens is 2. The lowest BCUT2D eigenvalue weighted by Gasteiger charge is -2.16. The minimum Gasteiger partial charge on any atom is -0.467 e. The molecule has 0 saturated carbocycles. The summed E-state index contributed by atoms with van der Waals surface area (Å²) in [5.74, 6) is -1.02. The smallest absolute Gasteiger partial charge is 0.330 e. The standard InChI is InChI=1S/C14H15N3O4/c1-9(18)16-12(14(20)21-2)8-17-13(19)11-6-4-3-5-10(11)7-15-17/h3-7,12H,8H2,1-2H3,(H,16,18). The molecule has 1 aromatic carbocycles. The summed E-state index contributed by atoms with van der Waals surface area (Å²) in [6, 6.07) is 6.06. The number of nitrogens with one attached hydrogen (secondary N) is 1. The van der Waals surface area contributed by atoms with Crippen molar-refractivity contribution in [2.75, 3.05) is 7.11 Å². The third-order valence-electron chi connectivity index (χ3n) is 2.98. The summed E-state index contributed by atoms with van der Waals surface area (Å²) in [6.07, 6.45) is 1.54. The highest BCUT2D eigenvalue weighted by molar-refractivity contribution is 5.83. The molecule has 0 bridgehead atoms. The average molecular weight is 289 g/mol. The summed E-state index contributed by atoms with van der Waals surface area (Å²) in [5.41, 5.74) is -0.327. The number of fused-ring (bicyclic) bond motifs is 1. The van der Waals surface area contributed by atoms with E-state index in [2.05, 4.69) is 15.2 Å². The Kier molecular flexibility index (Phi) is 4.32. The van der Waals surface area contributed by atoms with Crippen LogP contribution in [0, 0.1) is 0 Å². The van der Waals surface area contributed by atoms with E-state index in [4.69, 9.17) is 0 Å². The molecule has 1 atom stereocenters. The van der Waals surface area contributed by atoms with Gasteiger partial charge in [0.15, 0.2) is 0 Å². The van der Waals surface area contributed by atoms with E-state index in [-0.39, 0.29) is 18.0 Å². The Balaban J connectivity index is 2.36. The molecule has 110 valence electrons. The topological polar surface area (TPSA) is 90.3 Å². The van der Waals surface area contributed by atoms with Crippen LogP contribution < -0.4 is 10.9 Å². The molecule has 1 heterocycles. The first kappa shape index (κ1) is 14.7. The van der Waals surface area contributed by atoms with Crippen LogP contribution >= 0.6 is 0 Å². The van der Waals surface area contributed by atoms with Gasteiger partial charge in [-0.2, -0.15) is 5.10 Å². The first-order valence-electron chi connectivity index (χ1n) is 6.32. The highest BCUT2D eigenvalue weighted by atomic mass is 16.5. The third-order valence-corrected chi connectivity index (χ3v) is 2.98. The van der Waals surface area contributed by atoms with Crippen molar-refractivity contribution in [3.05, 3.63) is 40.8 Å². The molecule has 0 saturated heterocycles. The molecule has 7 nitrogen and oxygen atoms in total. The van der Waals surface area contributed by atoms with Gasteiger partial charge in [-0.3, -0.25) is 9.59 Å². The SMILES string of the molecule is COC(=O)C(Cn1ncc2ccccc2c1=O)NC(C)=O. The van der Waals surface area contributed by atoms with Crippen LogP contribution in [0.2, 0.25) is 0 Å². The lowest BCUT2D eigenvalue weighted by Crippen LogP contribution is -2.45. The monoisotopic (exact) mass is 289 g/mol. The van der Waals surface area contributed by atoms with E-state index >= 15 is 0 Å². The van der Waals surface area contributed by atoms with Gasteiger partial charge in [-0.05, 0) is 6.07 Å². The molecule has 2 aromatic rings. The zero-order valence-electron chi connectivity index (χ0n) is 11.7. The average Bonchev–Trinajstić information content (AvgIpc) is 2.48. The van der Waals surface area contributed by atoms with Gasteiger partial charge in [-0.15, -0.1) is 0 Å². The van der Waals surface area contributed by atoms with Gasteiger partial charge in [-0.25, -0.2) is 9.48 Å². The lowest BCUT2D eigenvalue weighted by atomic mass is 10.2. The largest absolute Gasteiger partial charge is 0.467 e. The Morgan fingerprint density at radius 1 is 1.38 bits per heavy atom. The summed E-state index contributed by atoms with van der Waals surface area (Å²) in [4.78, 5) is 35.1. The second-order valence-corrected chi connectivity index (χ2v) is 4.50. The van der Waals surface area contributed by atoms with Crippen LogP contribution in [0.3, 0.4) is 0 Å². The van der Waals surface area contributed by atoms with Crippen LogP contribution in [-0.2, 0) is 20.9 Å². The molecule has 0 aliphatic heterocycles. The Hall–Kier alpha value is -2.70. The first-order valence-corrected chi connectivity index (χ1v) is 6.32. The maximum atomic E-state index is 12.3. The molecule has 2 rings (SSSR count). The number of esters is 1. The number of nitrogens with zero attached hydrogens (tertiary/aromatic N) is 2. The van der Waals surface area contributed by atoms with Crippen LogP contribution in [0.15, 0.2) is 35.3 Å². The lowest BCUT2D eigenvalue weighted by molar-refractivity contribution is -0.145. The van der Waals surface area contributed by atoms with Crippen molar-refractivity contribution in [1.29, 1.82) is 0 Å². The summed E-state index contributed by atoms with van der Waals surface area (Å²) in [5, 5.41) is 7.67. The van der Waals surface area contributed by atoms with Crippen LogP contribution in [0.25, 0.3) is 10.8 Å². The van der Waals surface area contributed by atoms with E-state index in [0.717, 1.165) is 4.68 Å². The Morgan fingerprint density at radius 3 is 2.76 bits per heavy atom. The number of benzene rings is 1. The Morgan fingerprint density at radius 2 is 2.10 bits per heavy atom. The van der Waals surface area contributed by atoms with Crippen molar-refractivity contribution < 1.29 is 14.3 Å². The molecule has 1 unspecified atom stereocenters. The van der Waals surface area contributed by atoms with Gasteiger partial charge in [0.2, 0.25) is 5.91 Å². The number of amides is 1. The summed E-state index contributed by atoms with van der Waals surface area (Å²) >= 11 is 0. The van der Waals surface area contributed by atoms with Crippen LogP contribution in [0.4, 0.5) is 0 Å². The van der Waals surface area contributed by atoms with Crippen molar-refractivity contribution in [3.8, 4) is 0 Å². The van der Waals surface area contributed by atoms with Gasteiger partial charge < -0.3 is 10.1 Å². The normalized spacial score (nSPS) is 11.9. The highest BCUT2D eigenvalue weighted by Crippen LogP contribution is 2.06. The number of methoxy groups -OCH3 is 1. The fourth-order valence-corrected chi connectivity index (χ4v) is 2.00. The molecule has 1 amide bonds. The maximum Gasteiger partial charge on any atom is 0.330 e. The van der Waals surface area contributed by atoms with Crippen molar-refractivity contribution in [2.24, 2.45) is 0 Å². The molecule has 0 fully saturated rings. The molecule has 0 spiro atoms. The van der Waals surface area contributed by atoms with Crippen molar-refractivity contribution in [3.63, 3.8) is 0 Å². The first-order chi connectivity index (χ1) is 10.0. The van der Waals surface area contributed by atoms with Gasteiger partial charge in [0.1, 0.15) is 6.04 Å². The quantitative estimate of drug-likeness (QED) is 0.805. The van der Waals surface area contributed by atoms with Crippen molar-refractivity contribution in [2.45, 2.75) is 19.5 Å². The van der Waals surface area contributed by atoms with E-state index in [1.807, 2.05) is 6.07 Å². The van der Waals surface area contributed by atoms with Gasteiger partial charge in [-0.1, -0.05) is 18.2 Å². The van der Waals surface area contributed by atoms with E-state index in [9.17, 15) is 14.4 Å². The minimum absolute atomic E-state index is 0.0874. The van der Waals surface area contributed by atoms with Crippen LogP contribution in [-0.4, -0.2) is 34.8 Å². The van der Waals surface area contributed by atoms with E-state index in [1.54, 1.807) is 24.4 Å². The molecule has 0 radical (unpaired) electrons. The van der Waals surface area contributed by atoms with E-state index in [1.165, 1.54) is 14.0 Å². The fraction of sp³-hybridized carbons (Fsp3) is 0.286. The number of ether oxygens (including phenoxy) is 1. The van der Waals surface area contributed by atoms with Gasteiger partial charge in [0.25, 0.3) is 5.56 Å². The number of carbonyl (C=O) groups excluding carboxylic acids is 2. The van der Waals surface area contributed by atoms with Gasteiger partial charge in [0, 0.05) is 12.3 Å². The summed E-state index contributed by atoms with van der Waals surface area (Å²) in [6.45, 7) is 1.20. The van der Waals surface area contributed by atoms with Crippen LogP contribution in [0.1, 0.15) is 6.92 Å². The minimum atomic E-state index is -0.959. The Labute approximate surface area is 120 Å². The molecule has 0 aliphatic carbocycles. The summed E-state index contributed by atoms with van der Waals surface area (Å²) < 4.78 is 5.75. The molecule has 21 heavy (non-hydrogen) atoms. The van der Waals surface area contributed by atoms with Gasteiger partial charge in [0.05, 0.1) is 25.2 Å². The Bertz CT molecular complexity index is 738. The van der Waals surface area contributed by atoms with E-state index in [0.29, 0.717) is 10.8 Å². The zero-order chi connectivity index (χ0) is 15.4. The van der Waals surface area contributed by atoms with Crippen molar-refractivity contribution >= 4 is 22.6 Å². The highest BCUT2D eigenvalue weighted by Gasteiger charge is 2.22. The fourth-order valence-electron chi connectivity index (χ4n) is 2.00. The predicted octanol–water partition coefficient (Wildman–Crippen LogP) is 0.0742. The number of hydrogen-bond donors (Lipinski definition) is 1. The summed E-state index contributed by atoms with van der Waals surface area (Å²) in [7, 11) is 1.22. The third kappa shape index (κ3) is 3.25. The van der Waals surface area contributed by atoms with Crippen LogP contribution in [0.5, 0.6) is 0 Å². The number of carbonyl (C=O) groups is 2. The predicted molar refractivity (Wildman–Crippen MR) is 75.6 cm³/mol. The molecular formula is C14H15N3O4. The second-order valence-electron chi connectivity index (χ2n) is 4.50. The number of rotatable bonds is 4. The second kappa shape index (κ2) is 6.17. The zero-order valence-corrected chi connectivity index (χ0v) is 11.7. The maximum absolute atomic E-state index is 12.3. The molecule has 7 heteroatoms. The number of hydrogen-bond acceptors (Lipinski definition) is 5. The molecular weight excluding hydrogens is 274 g/mol. The molecule has 0 aliphatic rings. The molecule has 1 aromatic heterocycles.